The summed E-state index contributed by atoms with van der Waals surface area (Å²) in [5.41, 5.74) is 8.02. The summed E-state index contributed by atoms with van der Waals surface area (Å²) >= 11 is 1.63. The average molecular weight is 362 g/mol. The molecule has 122 valence electrons. The first-order valence-corrected chi connectivity index (χ1v) is 7.51. The van der Waals surface area contributed by atoms with E-state index in [4.69, 9.17) is 5.73 Å². The largest absolute Gasteiger partial charge is 0.356 e. The molecule has 1 atom stereocenters. The topological polar surface area (TPSA) is 68.0 Å². The lowest BCUT2D eigenvalue weighted by Gasteiger charge is -2.11. The fraction of sp³-hybridized carbons (Fsp3) is 0.333. The molecule has 1 aromatic carbocycles. The third kappa shape index (κ3) is 6.75. The Hall–Kier alpha value is -1.14. The molecule has 1 aromatic heterocycles. The van der Waals surface area contributed by atoms with Crippen LogP contribution < -0.4 is 11.1 Å². The van der Waals surface area contributed by atoms with Gasteiger partial charge in [0.05, 0.1) is 10.7 Å². The monoisotopic (exact) mass is 361 g/mol. The maximum atomic E-state index is 11.8. The van der Waals surface area contributed by atoms with Crippen LogP contribution in [-0.4, -0.2) is 17.4 Å². The lowest BCUT2D eigenvalue weighted by atomic mass is 10.0. The molecule has 0 fully saturated rings. The number of nitrogens with zero attached hydrogens (tertiary/aromatic N) is 1. The van der Waals surface area contributed by atoms with Gasteiger partial charge in [0.25, 0.3) is 0 Å². The van der Waals surface area contributed by atoms with Crippen molar-refractivity contribution >= 4 is 42.1 Å². The molecule has 4 nitrogen and oxygen atoms in total. The molecule has 2 aromatic rings. The molecule has 1 amide bonds. The third-order valence-electron chi connectivity index (χ3n) is 3.00. The van der Waals surface area contributed by atoms with E-state index in [9.17, 15) is 4.79 Å². The maximum Gasteiger partial charge on any atom is 0.221 e. The van der Waals surface area contributed by atoms with Gasteiger partial charge in [-0.15, -0.1) is 36.2 Å². The number of carbonyl (C=O) groups is 1. The van der Waals surface area contributed by atoms with E-state index < -0.39 is 0 Å². The standard InChI is InChI=1S/C15H19N3OS.2ClH/c1-11-18-13(10-20-11)7-8-17-15(19)9-14(16)12-5-3-2-4-6-12;;/h2-6,10,14H,7-9,16H2,1H3,(H,17,19);2*1H. The number of thiazole rings is 1. The molecule has 0 bridgehead atoms. The van der Waals surface area contributed by atoms with Crippen molar-refractivity contribution in [3.63, 3.8) is 0 Å². The first kappa shape index (κ1) is 20.9. The number of aromatic nitrogens is 1. The van der Waals surface area contributed by atoms with Crippen LogP contribution in [0.3, 0.4) is 0 Å². The number of halogens is 2. The summed E-state index contributed by atoms with van der Waals surface area (Å²) in [6.07, 6.45) is 1.07. The van der Waals surface area contributed by atoms with Gasteiger partial charge in [-0.05, 0) is 12.5 Å². The fourth-order valence-corrected chi connectivity index (χ4v) is 2.59. The predicted molar refractivity (Wildman–Crippen MR) is 96.0 cm³/mol. The number of nitrogens with one attached hydrogen (secondary N) is 1. The highest BCUT2D eigenvalue weighted by atomic mass is 35.5. The van der Waals surface area contributed by atoms with E-state index in [0.29, 0.717) is 13.0 Å². The van der Waals surface area contributed by atoms with Gasteiger partial charge in [-0.2, -0.15) is 0 Å². The Bertz CT molecular complexity index is 563. The van der Waals surface area contributed by atoms with Crippen LogP contribution in [0.2, 0.25) is 0 Å². The molecule has 7 heteroatoms. The normalized spacial score (nSPS) is 11.0. The number of carbonyl (C=O) groups excluding carboxylic acids is 1. The first-order valence-electron chi connectivity index (χ1n) is 6.63. The van der Waals surface area contributed by atoms with Crippen LogP contribution >= 0.6 is 36.2 Å². The Balaban J connectivity index is 0.00000220. The summed E-state index contributed by atoms with van der Waals surface area (Å²) in [4.78, 5) is 16.2. The molecule has 0 saturated carbocycles. The Morgan fingerprint density at radius 3 is 2.59 bits per heavy atom. The van der Waals surface area contributed by atoms with Crippen LogP contribution in [0.4, 0.5) is 0 Å². The SMILES string of the molecule is Cc1nc(CCNC(=O)CC(N)c2ccccc2)cs1.Cl.Cl. The summed E-state index contributed by atoms with van der Waals surface area (Å²) in [5.74, 6) is -0.0201. The molecule has 0 saturated heterocycles. The molecule has 0 aliphatic rings. The number of aryl methyl sites for hydroxylation is 1. The van der Waals surface area contributed by atoms with Crippen LogP contribution in [0.15, 0.2) is 35.7 Å². The van der Waals surface area contributed by atoms with Gasteiger partial charge in [-0.1, -0.05) is 30.3 Å². The quantitative estimate of drug-likeness (QED) is 0.830. The first-order chi connectivity index (χ1) is 9.65. The van der Waals surface area contributed by atoms with Crippen molar-refractivity contribution in [3.05, 3.63) is 52.0 Å². The van der Waals surface area contributed by atoms with Crippen molar-refractivity contribution in [2.24, 2.45) is 5.73 Å². The van der Waals surface area contributed by atoms with Gasteiger partial charge in [-0.3, -0.25) is 4.79 Å². The zero-order valence-electron chi connectivity index (χ0n) is 12.3. The van der Waals surface area contributed by atoms with E-state index in [2.05, 4.69) is 10.3 Å². The molecule has 1 heterocycles. The maximum absolute atomic E-state index is 11.8. The molecular formula is C15H21Cl2N3OS. The van der Waals surface area contributed by atoms with Gasteiger partial charge in [0.2, 0.25) is 5.91 Å². The summed E-state index contributed by atoms with van der Waals surface area (Å²) in [7, 11) is 0. The molecule has 2 rings (SSSR count). The number of benzene rings is 1. The van der Waals surface area contributed by atoms with Crippen molar-refractivity contribution in [2.75, 3.05) is 6.54 Å². The second kappa shape index (κ2) is 10.6. The smallest absolute Gasteiger partial charge is 0.221 e. The Morgan fingerprint density at radius 1 is 1.32 bits per heavy atom. The Kier molecular flexibility index (Phi) is 10.0. The van der Waals surface area contributed by atoms with Crippen molar-refractivity contribution in [1.82, 2.24) is 10.3 Å². The van der Waals surface area contributed by atoms with E-state index in [1.807, 2.05) is 42.6 Å². The molecule has 0 aliphatic heterocycles. The minimum atomic E-state index is -0.252. The van der Waals surface area contributed by atoms with Crippen molar-refractivity contribution in [1.29, 1.82) is 0 Å². The molecule has 22 heavy (non-hydrogen) atoms. The second-order valence-corrected chi connectivity index (χ2v) is 5.74. The molecule has 0 radical (unpaired) electrons. The number of hydrogen-bond acceptors (Lipinski definition) is 4. The number of amides is 1. The van der Waals surface area contributed by atoms with Crippen LogP contribution in [0.1, 0.15) is 28.7 Å². The second-order valence-electron chi connectivity index (χ2n) is 4.68. The molecule has 3 N–H and O–H groups in total. The van der Waals surface area contributed by atoms with Crippen molar-refractivity contribution < 1.29 is 4.79 Å². The van der Waals surface area contributed by atoms with E-state index >= 15 is 0 Å². The van der Waals surface area contributed by atoms with Gasteiger partial charge in [-0.25, -0.2) is 4.98 Å². The summed E-state index contributed by atoms with van der Waals surface area (Å²) in [6.45, 7) is 2.58. The average Bonchev–Trinajstić information content (AvgIpc) is 2.85. The minimum absolute atomic E-state index is 0. The highest BCUT2D eigenvalue weighted by molar-refractivity contribution is 7.09. The highest BCUT2D eigenvalue weighted by Gasteiger charge is 2.11. The lowest BCUT2D eigenvalue weighted by molar-refractivity contribution is -0.121. The van der Waals surface area contributed by atoms with Crippen LogP contribution in [0.5, 0.6) is 0 Å². The molecule has 0 spiro atoms. The van der Waals surface area contributed by atoms with Gasteiger partial charge in [0, 0.05) is 30.8 Å². The molecular weight excluding hydrogens is 341 g/mol. The third-order valence-corrected chi connectivity index (χ3v) is 3.83. The summed E-state index contributed by atoms with van der Waals surface area (Å²) in [6, 6.07) is 9.42. The van der Waals surface area contributed by atoms with Gasteiger partial charge in [0.1, 0.15) is 0 Å². The predicted octanol–water partition coefficient (Wildman–Crippen LogP) is 3.04. The molecule has 0 aliphatic carbocycles. The van der Waals surface area contributed by atoms with Crippen LogP contribution in [0, 0.1) is 6.92 Å². The highest BCUT2D eigenvalue weighted by Crippen LogP contribution is 2.13. The molecule has 1 unspecified atom stereocenters. The number of hydrogen-bond donors (Lipinski definition) is 2. The van der Waals surface area contributed by atoms with E-state index in [-0.39, 0.29) is 36.8 Å². The Morgan fingerprint density at radius 2 is 2.00 bits per heavy atom. The van der Waals surface area contributed by atoms with Gasteiger partial charge < -0.3 is 11.1 Å². The van der Waals surface area contributed by atoms with E-state index in [1.165, 1.54) is 0 Å². The Labute approximate surface area is 147 Å². The van der Waals surface area contributed by atoms with Gasteiger partial charge in [0.15, 0.2) is 0 Å². The van der Waals surface area contributed by atoms with E-state index in [1.54, 1.807) is 11.3 Å². The zero-order chi connectivity index (χ0) is 14.4. The summed E-state index contributed by atoms with van der Waals surface area (Å²) in [5, 5.41) is 5.96. The summed E-state index contributed by atoms with van der Waals surface area (Å²) < 4.78 is 0. The minimum Gasteiger partial charge on any atom is -0.356 e. The number of nitrogens with two attached hydrogens (primary N) is 1. The van der Waals surface area contributed by atoms with Crippen LogP contribution in [0.25, 0.3) is 0 Å². The van der Waals surface area contributed by atoms with Gasteiger partial charge >= 0.3 is 0 Å². The van der Waals surface area contributed by atoms with Crippen LogP contribution in [-0.2, 0) is 11.2 Å². The lowest BCUT2D eigenvalue weighted by Crippen LogP contribution is -2.29. The fourth-order valence-electron chi connectivity index (χ4n) is 1.94. The number of rotatable bonds is 6. The van der Waals surface area contributed by atoms with Crippen molar-refractivity contribution in [2.45, 2.75) is 25.8 Å². The zero-order valence-corrected chi connectivity index (χ0v) is 14.8. The van der Waals surface area contributed by atoms with E-state index in [0.717, 1.165) is 22.7 Å². The van der Waals surface area contributed by atoms with Crippen molar-refractivity contribution in [3.8, 4) is 0 Å².